The summed E-state index contributed by atoms with van der Waals surface area (Å²) >= 11 is 6.23. The highest BCUT2D eigenvalue weighted by Gasteiger charge is 2.25. The SMILES string of the molecule is Cc1ccc(NC(=O)C(Nc2c(C)n(C)n(-c3ccccc3)c2=O)c2ccccc2)cc1Cl. The third-order valence-electron chi connectivity index (χ3n) is 5.68. The van der Waals surface area contributed by atoms with Crippen LogP contribution in [0.1, 0.15) is 22.9 Å². The molecule has 0 radical (unpaired) electrons. The number of rotatable bonds is 6. The topological polar surface area (TPSA) is 68.1 Å². The van der Waals surface area contributed by atoms with Crippen LogP contribution in [-0.4, -0.2) is 15.3 Å². The van der Waals surface area contributed by atoms with Crippen LogP contribution in [0.15, 0.2) is 83.7 Å². The van der Waals surface area contributed by atoms with Crippen LogP contribution >= 0.6 is 11.6 Å². The van der Waals surface area contributed by atoms with E-state index >= 15 is 0 Å². The van der Waals surface area contributed by atoms with Gasteiger partial charge in [0.1, 0.15) is 11.7 Å². The molecule has 2 N–H and O–H groups in total. The van der Waals surface area contributed by atoms with E-state index in [1.165, 1.54) is 0 Å². The highest BCUT2D eigenvalue weighted by Crippen LogP contribution is 2.25. The van der Waals surface area contributed by atoms with Crippen molar-refractivity contribution in [3.05, 3.63) is 111 Å². The van der Waals surface area contributed by atoms with Gasteiger partial charge in [-0.1, -0.05) is 66.2 Å². The summed E-state index contributed by atoms with van der Waals surface area (Å²) in [5, 5.41) is 6.70. The number of nitrogens with zero attached hydrogens (tertiary/aromatic N) is 2. The third kappa shape index (κ3) is 4.56. The van der Waals surface area contributed by atoms with Crippen LogP contribution in [0.5, 0.6) is 0 Å². The first-order valence-electron chi connectivity index (χ1n) is 10.6. The monoisotopic (exact) mass is 460 g/mol. The highest BCUT2D eigenvalue weighted by molar-refractivity contribution is 6.31. The second-order valence-electron chi connectivity index (χ2n) is 7.88. The van der Waals surface area contributed by atoms with E-state index in [1.807, 2.05) is 87.6 Å². The molecule has 0 bridgehead atoms. The zero-order chi connectivity index (χ0) is 23.5. The van der Waals surface area contributed by atoms with E-state index in [0.29, 0.717) is 16.4 Å². The Morgan fingerprint density at radius 1 is 0.939 bits per heavy atom. The van der Waals surface area contributed by atoms with Crippen LogP contribution < -0.4 is 16.2 Å². The molecule has 4 aromatic rings. The number of aryl methyl sites for hydroxylation is 1. The predicted octanol–water partition coefficient (Wildman–Crippen LogP) is 5.24. The Balaban J connectivity index is 1.72. The first kappa shape index (κ1) is 22.4. The number of anilines is 2. The summed E-state index contributed by atoms with van der Waals surface area (Å²) in [6.07, 6.45) is 0. The molecule has 33 heavy (non-hydrogen) atoms. The first-order valence-corrected chi connectivity index (χ1v) is 11.0. The molecule has 1 atom stereocenters. The molecule has 0 fully saturated rings. The molecular weight excluding hydrogens is 436 g/mol. The van der Waals surface area contributed by atoms with Crippen molar-refractivity contribution in [2.75, 3.05) is 10.6 Å². The predicted molar refractivity (Wildman–Crippen MR) is 133 cm³/mol. The fourth-order valence-corrected chi connectivity index (χ4v) is 3.89. The summed E-state index contributed by atoms with van der Waals surface area (Å²) in [5.41, 5.74) is 3.86. The average Bonchev–Trinajstić information content (AvgIpc) is 3.03. The van der Waals surface area contributed by atoms with E-state index < -0.39 is 6.04 Å². The molecule has 0 aliphatic rings. The molecule has 1 heterocycles. The van der Waals surface area contributed by atoms with Gasteiger partial charge in [0.15, 0.2) is 0 Å². The minimum Gasteiger partial charge on any atom is -0.364 e. The number of hydrogen-bond acceptors (Lipinski definition) is 3. The van der Waals surface area contributed by atoms with Crippen molar-refractivity contribution in [1.29, 1.82) is 0 Å². The number of hydrogen-bond donors (Lipinski definition) is 2. The molecule has 7 heteroatoms. The van der Waals surface area contributed by atoms with E-state index in [4.69, 9.17) is 11.6 Å². The number of amides is 1. The Bertz CT molecular complexity index is 1340. The van der Waals surface area contributed by atoms with Gasteiger partial charge in [0.05, 0.1) is 11.4 Å². The van der Waals surface area contributed by atoms with Crippen LogP contribution in [0.4, 0.5) is 11.4 Å². The zero-order valence-electron chi connectivity index (χ0n) is 18.7. The number of carbonyl (C=O) groups excluding carboxylic acids is 1. The second kappa shape index (κ2) is 9.38. The van der Waals surface area contributed by atoms with Gasteiger partial charge in [-0.15, -0.1) is 0 Å². The minimum absolute atomic E-state index is 0.228. The molecule has 4 rings (SSSR count). The summed E-state index contributed by atoms with van der Waals surface area (Å²) in [6.45, 7) is 3.75. The van der Waals surface area contributed by atoms with Gasteiger partial charge in [0.25, 0.3) is 11.5 Å². The van der Waals surface area contributed by atoms with Gasteiger partial charge < -0.3 is 10.6 Å². The fraction of sp³-hybridized carbons (Fsp3) is 0.154. The maximum absolute atomic E-state index is 13.4. The molecule has 1 aromatic heterocycles. The van der Waals surface area contributed by atoms with Crippen LogP contribution in [-0.2, 0) is 11.8 Å². The van der Waals surface area contributed by atoms with E-state index in [1.54, 1.807) is 21.5 Å². The smallest absolute Gasteiger partial charge is 0.295 e. The summed E-state index contributed by atoms with van der Waals surface area (Å²) in [4.78, 5) is 26.7. The van der Waals surface area contributed by atoms with Crippen molar-refractivity contribution in [3.8, 4) is 5.69 Å². The number of carbonyl (C=O) groups is 1. The average molecular weight is 461 g/mol. The second-order valence-corrected chi connectivity index (χ2v) is 8.28. The van der Waals surface area contributed by atoms with Crippen molar-refractivity contribution in [3.63, 3.8) is 0 Å². The Kier molecular flexibility index (Phi) is 6.38. The van der Waals surface area contributed by atoms with Gasteiger partial charge in [0.2, 0.25) is 0 Å². The summed E-state index contributed by atoms with van der Waals surface area (Å²) < 4.78 is 3.36. The molecule has 1 amide bonds. The maximum Gasteiger partial charge on any atom is 0.295 e. The third-order valence-corrected chi connectivity index (χ3v) is 6.08. The number of aromatic nitrogens is 2. The molecule has 3 aromatic carbocycles. The Labute approximate surface area is 197 Å². The Hall–Kier alpha value is -3.77. The van der Waals surface area contributed by atoms with E-state index in [-0.39, 0.29) is 11.5 Å². The molecule has 0 aliphatic carbocycles. The number of para-hydroxylation sites is 1. The molecule has 0 spiro atoms. The Morgan fingerprint density at radius 2 is 1.58 bits per heavy atom. The summed E-state index contributed by atoms with van der Waals surface area (Å²) in [5.74, 6) is -0.296. The van der Waals surface area contributed by atoms with Gasteiger partial charge >= 0.3 is 0 Å². The number of benzene rings is 3. The van der Waals surface area contributed by atoms with Crippen molar-refractivity contribution in [1.82, 2.24) is 9.36 Å². The fourth-order valence-electron chi connectivity index (χ4n) is 3.71. The Morgan fingerprint density at radius 3 is 2.21 bits per heavy atom. The van der Waals surface area contributed by atoms with E-state index in [0.717, 1.165) is 22.5 Å². The van der Waals surface area contributed by atoms with Gasteiger partial charge in [-0.2, -0.15) is 0 Å². The van der Waals surface area contributed by atoms with Crippen LogP contribution in [0, 0.1) is 13.8 Å². The van der Waals surface area contributed by atoms with Gasteiger partial charge in [-0.25, -0.2) is 4.68 Å². The van der Waals surface area contributed by atoms with Crippen molar-refractivity contribution >= 4 is 28.9 Å². The quantitative estimate of drug-likeness (QED) is 0.413. The summed E-state index contributed by atoms with van der Waals surface area (Å²) in [6, 6.07) is 23.3. The lowest BCUT2D eigenvalue weighted by Crippen LogP contribution is -2.29. The van der Waals surface area contributed by atoms with Gasteiger partial charge in [-0.05, 0) is 49.2 Å². The molecule has 0 saturated carbocycles. The van der Waals surface area contributed by atoms with Crippen molar-refractivity contribution in [2.24, 2.45) is 7.05 Å². The van der Waals surface area contributed by atoms with Crippen molar-refractivity contribution in [2.45, 2.75) is 19.9 Å². The van der Waals surface area contributed by atoms with Crippen LogP contribution in [0.25, 0.3) is 5.69 Å². The van der Waals surface area contributed by atoms with Crippen LogP contribution in [0.3, 0.4) is 0 Å². The minimum atomic E-state index is -0.788. The first-order chi connectivity index (χ1) is 15.9. The van der Waals surface area contributed by atoms with Crippen LogP contribution in [0.2, 0.25) is 5.02 Å². The summed E-state index contributed by atoms with van der Waals surface area (Å²) in [7, 11) is 1.82. The molecule has 0 aliphatic heterocycles. The molecule has 6 nitrogen and oxygen atoms in total. The highest BCUT2D eigenvalue weighted by atomic mass is 35.5. The van der Waals surface area contributed by atoms with Crippen molar-refractivity contribution < 1.29 is 4.79 Å². The van der Waals surface area contributed by atoms with E-state index in [2.05, 4.69) is 10.6 Å². The normalized spacial score (nSPS) is 11.8. The molecule has 168 valence electrons. The number of halogens is 1. The molecular formula is C26H25ClN4O2. The van der Waals surface area contributed by atoms with Gasteiger partial charge in [0, 0.05) is 17.8 Å². The molecule has 0 saturated heterocycles. The maximum atomic E-state index is 13.4. The largest absolute Gasteiger partial charge is 0.364 e. The van der Waals surface area contributed by atoms with E-state index in [9.17, 15) is 9.59 Å². The zero-order valence-corrected chi connectivity index (χ0v) is 19.4. The lowest BCUT2D eigenvalue weighted by molar-refractivity contribution is -0.117. The lowest BCUT2D eigenvalue weighted by Gasteiger charge is -2.19. The number of nitrogens with one attached hydrogen (secondary N) is 2. The lowest BCUT2D eigenvalue weighted by atomic mass is 10.1. The van der Waals surface area contributed by atoms with Gasteiger partial charge in [-0.3, -0.25) is 14.3 Å². The molecule has 1 unspecified atom stereocenters. The standard InChI is InChI=1S/C26H25ClN4O2/c1-17-14-15-20(16-22(17)27)28-25(32)24(19-10-6-4-7-11-19)29-23-18(2)30(3)31(26(23)33)21-12-8-5-9-13-21/h4-16,24,29H,1-3H3,(H,28,32).